The molecule has 0 fully saturated rings. The number of nitrogen functional groups attached to an aromatic ring is 1. The van der Waals surface area contributed by atoms with Crippen molar-refractivity contribution in [1.29, 1.82) is 0 Å². The quantitative estimate of drug-likeness (QED) is 0.734. The maximum Gasteiger partial charge on any atom is 0.187 e. The van der Waals surface area contributed by atoms with Crippen LogP contribution in [-0.4, -0.2) is 20.2 Å². The van der Waals surface area contributed by atoms with Crippen LogP contribution in [0.4, 0.5) is 10.1 Å². The Labute approximate surface area is 121 Å². The van der Waals surface area contributed by atoms with Crippen LogP contribution < -0.4 is 5.73 Å². The van der Waals surface area contributed by atoms with E-state index in [0.29, 0.717) is 22.8 Å². The molecule has 5 nitrogen and oxygen atoms in total. The molecule has 0 saturated carbocycles. The Bertz CT molecular complexity index is 789. The molecule has 0 spiro atoms. The minimum atomic E-state index is -0.294. The van der Waals surface area contributed by atoms with Gasteiger partial charge >= 0.3 is 0 Å². The van der Waals surface area contributed by atoms with Crippen molar-refractivity contribution in [1.82, 2.24) is 20.2 Å². The van der Waals surface area contributed by atoms with Gasteiger partial charge in [-0.2, -0.15) is 4.68 Å². The number of nitrogens with two attached hydrogens (primary N) is 1. The first-order valence-electron chi connectivity index (χ1n) is 6.47. The van der Waals surface area contributed by atoms with Crippen molar-refractivity contribution < 1.29 is 4.39 Å². The summed E-state index contributed by atoms with van der Waals surface area (Å²) in [4.78, 5) is 0. The third-order valence-electron chi connectivity index (χ3n) is 3.23. The average Bonchev–Trinajstić information content (AvgIpc) is 2.90. The van der Waals surface area contributed by atoms with Crippen LogP contribution in [-0.2, 0) is 0 Å². The summed E-state index contributed by atoms with van der Waals surface area (Å²) >= 11 is 0. The van der Waals surface area contributed by atoms with Crippen LogP contribution >= 0.6 is 0 Å². The van der Waals surface area contributed by atoms with Crippen molar-refractivity contribution >= 4 is 5.69 Å². The van der Waals surface area contributed by atoms with Gasteiger partial charge in [-0.15, -0.1) is 5.10 Å². The standard InChI is InChI=1S/C15H14FN5/c1-9-5-11(7-12(17)6-9)15-18-19-20-21(15)13-4-3-10(2)14(16)8-13/h3-8H,17H2,1-2H3. The number of tetrazole rings is 1. The third kappa shape index (κ3) is 2.47. The summed E-state index contributed by atoms with van der Waals surface area (Å²) < 4.78 is 15.2. The number of rotatable bonds is 2. The van der Waals surface area contributed by atoms with Crippen LogP contribution in [0, 0.1) is 19.7 Å². The fraction of sp³-hybridized carbons (Fsp3) is 0.133. The number of nitrogens with zero attached hydrogens (tertiary/aromatic N) is 4. The largest absolute Gasteiger partial charge is 0.399 e. The molecule has 0 unspecified atom stereocenters. The van der Waals surface area contributed by atoms with Gasteiger partial charge in [-0.3, -0.25) is 0 Å². The Morgan fingerprint density at radius 3 is 2.62 bits per heavy atom. The molecule has 0 radical (unpaired) electrons. The fourth-order valence-corrected chi connectivity index (χ4v) is 2.20. The van der Waals surface area contributed by atoms with Gasteiger partial charge in [0.2, 0.25) is 0 Å². The van der Waals surface area contributed by atoms with Gasteiger partial charge in [-0.25, -0.2) is 4.39 Å². The predicted molar refractivity (Wildman–Crippen MR) is 78.4 cm³/mol. The molecule has 0 amide bonds. The summed E-state index contributed by atoms with van der Waals surface area (Å²) in [5, 5.41) is 11.6. The molecular weight excluding hydrogens is 269 g/mol. The molecule has 0 aliphatic carbocycles. The lowest BCUT2D eigenvalue weighted by Crippen LogP contribution is -2.01. The topological polar surface area (TPSA) is 69.6 Å². The van der Waals surface area contributed by atoms with E-state index in [1.807, 2.05) is 19.1 Å². The van der Waals surface area contributed by atoms with Crippen molar-refractivity contribution in [2.75, 3.05) is 5.73 Å². The summed E-state index contributed by atoms with van der Waals surface area (Å²) in [6.07, 6.45) is 0. The Kier molecular flexibility index (Phi) is 3.13. The molecule has 0 saturated heterocycles. The molecule has 0 bridgehead atoms. The van der Waals surface area contributed by atoms with Gasteiger partial charge in [0.05, 0.1) is 5.69 Å². The number of aromatic nitrogens is 4. The monoisotopic (exact) mass is 283 g/mol. The first-order valence-corrected chi connectivity index (χ1v) is 6.47. The zero-order valence-electron chi connectivity index (χ0n) is 11.7. The highest BCUT2D eigenvalue weighted by Gasteiger charge is 2.12. The number of anilines is 1. The van der Waals surface area contributed by atoms with E-state index in [4.69, 9.17) is 5.73 Å². The minimum Gasteiger partial charge on any atom is -0.399 e. The number of halogens is 1. The molecule has 0 aliphatic heterocycles. The summed E-state index contributed by atoms with van der Waals surface area (Å²) in [5.74, 6) is 0.228. The maximum atomic E-state index is 13.7. The van der Waals surface area contributed by atoms with Crippen molar-refractivity contribution in [2.45, 2.75) is 13.8 Å². The van der Waals surface area contributed by atoms with Gasteiger partial charge < -0.3 is 5.73 Å². The minimum absolute atomic E-state index is 0.294. The maximum absolute atomic E-state index is 13.7. The van der Waals surface area contributed by atoms with E-state index in [2.05, 4.69) is 15.5 Å². The second kappa shape index (κ2) is 4.97. The van der Waals surface area contributed by atoms with E-state index in [1.54, 1.807) is 25.1 Å². The Morgan fingerprint density at radius 1 is 1.10 bits per heavy atom. The highest BCUT2D eigenvalue weighted by molar-refractivity contribution is 5.64. The first-order chi connectivity index (χ1) is 10.0. The second-order valence-electron chi connectivity index (χ2n) is 4.98. The molecule has 3 aromatic rings. The van der Waals surface area contributed by atoms with Crippen molar-refractivity contribution in [3.63, 3.8) is 0 Å². The predicted octanol–water partition coefficient (Wildman–Crippen LogP) is 2.67. The number of hydrogen-bond acceptors (Lipinski definition) is 4. The third-order valence-corrected chi connectivity index (χ3v) is 3.23. The Hall–Kier alpha value is -2.76. The van der Waals surface area contributed by atoms with E-state index in [9.17, 15) is 4.39 Å². The molecule has 3 rings (SSSR count). The van der Waals surface area contributed by atoms with Crippen LogP contribution in [0.3, 0.4) is 0 Å². The Balaban J connectivity index is 2.14. The highest BCUT2D eigenvalue weighted by Crippen LogP contribution is 2.23. The summed E-state index contributed by atoms with van der Waals surface area (Å²) in [6.45, 7) is 3.65. The Morgan fingerprint density at radius 2 is 1.90 bits per heavy atom. The molecular formula is C15H14FN5. The van der Waals surface area contributed by atoms with Gasteiger partial charge in [0.15, 0.2) is 5.82 Å². The van der Waals surface area contributed by atoms with Crippen LogP contribution in [0.1, 0.15) is 11.1 Å². The lowest BCUT2D eigenvalue weighted by atomic mass is 10.1. The number of hydrogen-bond donors (Lipinski definition) is 1. The molecule has 21 heavy (non-hydrogen) atoms. The summed E-state index contributed by atoms with van der Waals surface area (Å²) in [5.41, 5.74) is 9.44. The van der Waals surface area contributed by atoms with Gasteiger partial charge in [-0.05, 0) is 65.7 Å². The lowest BCUT2D eigenvalue weighted by molar-refractivity contribution is 0.615. The smallest absolute Gasteiger partial charge is 0.187 e. The van der Waals surface area contributed by atoms with Crippen LogP contribution in [0.15, 0.2) is 36.4 Å². The van der Waals surface area contributed by atoms with E-state index in [-0.39, 0.29) is 5.82 Å². The second-order valence-corrected chi connectivity index (χ2v) is 4.98. The normalized spacial score (nSPS) is 10.8. The van der Waals surface area contributed by atoms with Gasteiger partial charge in [-0.1, -0.05) is 6.07 Å². The van der Waals surface area contributed by atoms with E-state index in [0.717, 1.165) is 11.1 Å². The van der Waals surface area contributed by atoms with Gasteiger partial charge in [0.25, 0.3) is 0 Å². The SMILES string of the molecule is Cc1cc(N)cc(-c2nnnn2-c2ccc(C)c(F)c2)c1. The van der Waals surface area contributed by atoms with Crippen LogP contribution in [0.25, 0.3) is 17.1 Å². The van der Waals surface area contributed by atoms with Crippen LogP contribution in [0.5, 0.6) is 0 Å². The molecule has 6 heteroatoms. The van der Waals surface area contributed by atoms with E-state index < -0.39 is 0 Å². The van der Waals surface area contributed by atoms with Gasteiger partial charge in [0.1, 0.15) is 5.82 Å². The molecule has 1 heterocycles. The molecule has 106 valence electrons. The molecule has 2 N–H and O–H groups in total. The number of aryl methyl sites for hydroxylation is 2. The van der Waals surface area contributed by atoms with Crippen molar-refractivity contribution in [3.8, 4) is 17.1 Å². The molecule has 2 aromatic carbocycles. The average molecular weight is 283 g/mol. The summed E-state index contributed by atoms with van der Waals surface area (Å²) in [6, 6.07) is 10.5. The molecule has 1 aromatic heterocycles. The zero-order valence-corrected chi connectivity index (χ0v) is 11.7. The molecule has 0 atom stereocenters. The highest BCUT2D eigenvalue weighted by atomic mass is 19.1. The van der Waals surface area contributed by atoms with E-state index >= 15 is 0 Å². The van der Waals surface area contributed by atoms with Gasteiger partial charge in [0, 0.05) is 11.3 Å². The fourth-order valence-electron chi connectivity index (χ4n) is 2.20. The molecule has 0 aliphatic rings. The lowest BCUT2D eigenvalue weighted by Gasteiger charge is -2.07. The number of benzene rings is 2. The van der Waals surface area contributed by atoms with E-state index in [1.165, 1.54) is 10.7 Å². The zero-order chi connectivity index (χ0) is 15.0. The first kappa shape index (κ1) is 13.2. The van der Waals surface area contributed by atoms with Crippen molar-refractivity contribution in [2.24, 2.45) is 0 Å². The van der Waals surface area contributed by atoms with Crippen LogP contribution in [0.2, 0.25) is 0 Å². The van der Waals surface area contributed by atoms with Crippen molar-refractivity contribution in [3.05, 3.63) is 53.3 Å². The summed E-state index contributed by atoms with van der Waals surface area (Å²) in [7, 11) is 0.